The Morgan fingerprint density at radius 3 is 2.57 bits per heavy atom. The predicted molar refractivity (Wildman–Crippen MR) is 129 cm³/mol. The number of aryl methyl sites for hydroxylation is 3. The molecule has 1 aliphatic carbocycles. The van der Waals surface area contributed by atoms with Gasteiger partial charge in [0.15, 0.2) is 0 Å². The van der Waals surface area contributed by atoms with Gasteiger partial charge in [-0.2, -0.15) is 5.06 Å². The van der Waals surface area contributed by atoms with Crippen molar-refractivity contribution >= 4 is 11.9 Å². The van der Waals surface area contributed by atoms with Crippen LogP contribution in [0.5, 0.6) is 5.75 Å². The number of benzene rings is 2. The van der Waals surface area contributed by atoms with Crippen LogP contribution >= 0.6 is 0 Å². The van der Waals surface area contributed by atoms with E-state index in [9.17, 15) is 19.9 Å². The van der Waals surface area contributed by atoms with E-state index in [1.54, 1.807) is 6.92 Å². The van der Waals surface area contributed by atoms with Crippen molar-refractivity contribution in [2.75, 3.05) is 13.2 Å². The first kappa shape index (κ1) is 25.2. The second kappa shape index (κ2) is 11.7. The minimum Gasteiger partial charge on any atom is -0.490 e. The van der Waals surface area contributed by atoms with Gasteiger partial charge in [-0.15, -0.1) is 0 Å². The number of carbonyl (C=O) groups is 2. The summed E-state index contributed by atoms with van der Waals surface area (Å²) in [4.78, 5) is 24.5. The number of hydrogen-bond acceptors (Lipinski definition) is 7. The number of hydrogen-bond donors (Lipinski definition) is 3. The molecule has 35 heavy (non-hydrogen) atoms. The van der Waals surface area contributed by atoms with Crippen molar-refractivity contribution in [3.05, 3.63) is 64.7 Å². The third-order valence-corrected chi connectivity index (χ3v) is 6.77. The van der Waals surface area contributed by atoms with Gasteiger partial charge in [-0.1, -0.05) is 36.4 Å². The van der Waals surface area contributed by atoms with Crippen molar-refractivity contribution in [3.8, 4) is 5.75 Å². The summed E-state index contributed by atoms with van der Waals surface area (Å²) < 4.78 is 11.4. The number of rotatable bonds is 9. The molecular weight excluding hydrogens is 448 g/mol. The van der Waals surface area contributed by atoms with E-state index >= 15 is 0 Å². The first-order chi connectivity index (χ1) is 17.0. The fraction of sp³-hybridized carbons (Fsp3) is 0.481. The number of ether oxygens (including phenoxy) is 2. The topological polar surface area (TPSA) is 108 Å². The van der Waals surface area contributed by atoms with Gasteiger partial charge in [0, 0.05) is 5.56 Å². The van der Waals surface area contributed by atoms with E-state index in [4.69, 9.17) is 9.47 Å². The zero-order valence-electron chi connectivity index (χ0n) is 20.1. The molecule has 2 unspecified atom stereocenters. The summed E-state index contributed by atoms with van der Waals surface area (Å²) in [7, 11) is 0. The highest BCUT2D eigenvalue weighted by atomic mass is 16.5. The second-order valence-electron chi connectivity index (χ2n) is 9.18. The molecule has 8 heteroatoms. The van der Waals surface area contributed by atoms with E-state index < -0.39 is 30.2 Å². The quantitative estimate of drug-likeness (QED) is 0.465. The normalized spacial score (nSPS) is 20.6. The molecule has 0 bridgehead atoms. The standard InChI is InChI=1S/C27H34N2O6/c1-2-34-27(32)22(13-12-18-8-4-3-5-9-18)28-25-17-35-24-15-20-11-7-6-10-19(20)14-21(24)23(29(25)33)16-26(30)31/h3-5,8-9,14-15,22-23,25,28,33H,2,6-7,10-13,16-17H2,1H3,(H,30,31)/t22?,23?,25-/m0/s1. The van der Waals surface area contributed by atoms with Crippen molar-refractivity contribution < 1.29 is 29.4 Å². The summed E-state index contributed by atoms with van der Waals surface area (Å²) in [6.07, 6.45) is 4.10. The van der Waals surface area contributed by atoms with Crippen LogP contribution in [0.2, 0.25) is 0 Å². The van der Waals surface area contributed by atoms with Gasteiger partial charge in [-0.05, 0) is 68.2 Å². The average molecular weight is 483 g/mol. The molecule has 2 aromatic carbocycles. The lowest BCUT2D eigenvalue weighted by molar-refractivity contribution is -0.184. The smallest absolute Gasteiger partial charge is 0.323 e. The molecular formula is C27H34N2O6. The summed E-state index contributed by atoms with van der Waals surface area (Å²) >= 11 is 0. The van der Waals surface area contributed by atoms with Crippen LogP contribution in [-0.2, 0) is 33.6 Å². The molecule has 0 aromatic heterocycles. The van der Waals surface area contributed by atoms with Gasteiger partial charge < -0.3 is 19.8 Å². The monoisotopic (exact) mass is 482 g/mol. The molecule has 8 nitrogen and oxygen atoms in total. The Bertz CT molecular complexity index is 1030. The Morgan fingerprint density at radius 1 is 1.17 bits per heavy atom. The maximum atomic E-state index is 12.8. The highest BCUT2D eigenvalue weighted by Crippen LogP contribution is 2.38. The zero-order chi connectivity index (χ0) is 24.8. The summed E-state index contributed by atoms with van der Waals surface area (Å²) in [6.45, 7) is 2.05. The van der Waals surface area contributed by atoms with Crippen molar-refractivity contribution in [1.29, 1.82) is 0 Å². The Hall–Kier alpha value is -2.94. The minimum atomic E-state index is -1.02. The summed E-state index contributed by atoms with van der Waals surface area (Å²) in [5.74, 6) is -0.842. The van der Waals surface area contributed by atoms with E-state index in [0.29, 0.717) is 24.2 Å². The lowest BCUT2D eigenvalue weighted by Gasteiger charge is -2.32. The highest BCUT2D eigenvalue weighted by Gasteiger charge is 2.37. The van der Waals surface area contributed by atoms with E-state index in [-0.39, 0.29) is 19.6 Å². The van der Waals surface area contributed by atoms with E-state index in [1.165, 1.54) is 11.1 Å². The molecule has 0 radical (unpaired) electrons. The fourth-order valence-electron chi connectivity index (χ4n) is 4.97. The molecule has 4 rings (SSSR count). The maximum Gasteiger partial charge on any atom is 0.323 e. The molecule has 188 valence electrons. The SMILES string of the molecule is CCOC(=O)C(CCc1ccccc1)N[C@@H]1COc2cc3c(cc2C(CC(=O)O)N1O)CCCC3. The van der Waals surface area contributed by atoms with Gasteiger partial charge in [-0.25, -0.2) is 0 Å². The van der Waals surface area contributed by atoms with Gasteiger partial charge in [0.2, 0.25) is 0 Å². The largest absolute Gasteiger partial charge is 0.490 e. The van der Waals surface area contributed by atoms with Crippen molar-refractivity contribution in [3.63, 3.8) is 0 Å². The first-order valence-corrected chi connectivity index (χ1v) is 12.4. The molecule has 0 saturated heterocycles. The van der Waals surface area contributed by atoms with E-state index in [0.717, 1.165) is 36.3 Å². The molecule has 3 N–H and O–H groups in total. The third-order valence-electron chi connectivity index (χ3n) is 6.77. The first-order valence-electron chi connectivity index (χ1n) is 12.4. The molecule has 0 fully saturated rings. The molecule has 2 aromatic rings. The van der Waals surface area contributed by atoms with Gasteiger partial charge >= 0.3 is 11.9 Å². The Labute approximate surface area is 205 Å². The van der Waals surface area contributed by atoms with E-state index in [2.05, 4.69) is 5.32 Å². The highest BCUT2D eigenvalue weighted by molar-refractivity contribution is 5.75. The van der Waals surface area contributed by atoms with Gasteiger partial charge in [0.1, 0.15) is 24.6 Å². The number of nitrogens with one attached hydrogen (secondary N) is 1. The summed E-state index contributed by atoms with van der Waals surface area (Å²) in [6, 6.07) is 12.3. The Kier molecular flexibility index (Phi) is 8.38. The lowest BCUT2D eigenvalue weighted by Crippen LogP contribution is -2.54. The zero-order valence-corrected chi connectivity index (χ0v) is 20.1. The molecule has 3 atom stereocenters. The van der Waals surface area contributed by atoms with Gasteiger partial charge in [0.05, 0.1) is 19.1 Å². The molecule has 2 aliphatic rings. The third kappa shape index (κ3) is 6.20. The summed E-state index contributed by atoms with van der Waals surface area (Å²) in [5.41, 5.74) is 4.15. The Morgan fingerprint density at radius 2 is 1.89 bits per heavy atom. The Balaban J connectivity index is 1.57. The van der Waals surface area contributed by atoms with Crippen LogP contribution in [0, 0.1) is 0 Å². The number of aliphatic carboxylic acids is 1. The molecule has 0 spiro atoms. The predicted octanol–water partition coefficient (Wildman–Crippen LogP) is 3.65. The number of esters is 1. The number of fused-ring (bicyclic) bond motifs is 2. The van der Waals surface area contributed by atoms with Crippen LogP contribution in [-0.4, -0.2) is 52.7 Å². The molecule has 0 amide bonds. The lowest BCUT2D eigenvalue weighted by atomic mass is 9.88. The van der Waals surface area contributed by atoms with Crippen LogP contribution in [0.3, 0.4) is 0 Å². The van der Waals surface area contributed by atoms with Crippen LogP contribution < -0.4 is 10.1 Å². The average Bonchev–Trinajstić information content (AvgIpc) is 2.97. The van der Waals surface area contributed by atoms with Crippen molar-refractivity contribution in [1.82, 2.24) is 10.4 Å². The number of nitrogens with zero attached hydrogens (tertiary/aromatic N) is 1. The number of carboxylic acids is 1. The number of hydroxylamine groups is 2. The van der Waals surface area contributed by atoms with Crippen LogP contribution in [0.25, 0.3) is 0 Å². The van der Waals surface area contributed by atoms with Crippen LogP contribution in [0.1, 0.15) is 60.9 Å². The van der Waals surface area contributed by atoms with Gasteiger partial charge in [-0.3, -0.25) is 14.9 Å². The number of carbonyl (C=O) groups excluding carboxylic acids is 1. The minimum absolute atomic E-state index is 0.0552. The van der Waals surface area contributed by atoms with Crippen LogP contribution in [0.4, 0.5) is 0 Å². The van der Waals surface area contributed by atoms with Crippen molar-refractivity contribution in [2.45, 2.75) is 70.1 Å². The number of carboxylic acid groups (broad SMARTS) is 1. The van der Waals surface area contributed by atoms with E-state index in [1.807, 2.05) is 42.5 Å². The fourth-order valence-corrected chi connectivity index (χ4v) is 4.97. The molecule has 1 aliphatic heterocycles. The summed E-state index contributed by atoms with van der Waals surface area (Å²) in [5, 5.41) is 25.0. The van der Waals surface area contributed by atoms with Gasteiger partial charge in [0.25, 0.3) is 0 Å². The second-order valence-corrected chi connectivity index (χ2v) is 9.18. The molecule has 0 saturated carbocycles. The molecule has 1 heterocycles. The maximum absolute atomic E-state index is 12.8. The van der Waals surface area contributed by atoms with Crippen LogP contribution in [0.15, 0.2) is 42.5 Å². The van der Waals surface area contributed by atoms with Crippen molar-refractivity contribution in [2.24, 2.45) is 0 Å².